The Morgan fingerprint density at radius 2 is 2.17 bits per heavy atom. The molecule has 0 spiro atoms. The lowest BCUT2D eigenvalue weighted by molar-refractivity contribution is 0.868. The molecule has 0 saturated heterocycles. The van der Waals surface area contributed by atoms with Crippen molar-refractivity contribution in [3.8, 4) is 0 Å². The van der Waals surface area contributed by atoms with Crippen molar-refractivity contribution in [1.82, 2.24) is 9.97 Å². The highest BCUT2D eigenvalue weighted by atomic mass is 79.9. The second kappa shape index (κ2) is 5.24. The monoisotopic (exact) mass is 326 g/mol. The Bertz CT molecular complexity index is 567. The van der Waals surface area contributed by atoms with Crippen molar-refractivity contribution in [3.05, 3.63) is 32.1 Å². The SMILES string of the molecule is Cc1cc(C(C)Nc2nc(N)ncc2Br)c(C)s1. The molecule has 0 radical (unpaired) electrons. The van der Waals surface area contributed by atoms with Crippen molar-refractivity contribution in [2.75, 3.05) is 11.1 Å². The summed E-state index contributed by atoms with van der Waals surface area (Å²) in [6.45, 7) is 6.36. The van der Waals surface area contributed by atoms with Crippen LogP contribution in [0.3, 0.4) is 0 Å². The molecule has 2 rings (SSSR count). The summed E-state index contributed by atoms with van der Waals surface area (Å²) in [7, 11) is 0. The molecule has 0 aromatic carbocycles. The minimum atomic E-state index is 0.181. The minimum absolute atomic E-state index is 0.181. The quantitative estimate of drug-likeness (QED) is 0.903. The molecule has 0 saturated carbocycles. The average molecular weight is 327 g/mol. The van der Waals surface area contributed by atoms with Gasteiger partial charge in [-0.3, -0.25) is 0 Å². The molecule has 0 amide bonds. The fourth-order valence-corrected chi connectivity index (χ4v) is 3.17. The minimum Gasteiger partial charge on any atom is -0.368 e. The number of rotatable bonds is 3. The van der Waals surface area contributed by atoms with Crippen LogP contribution in [0, 0.1) is 13.8 Å². The van der Waals surface area contributed by atoms with Gasteiger partial charge in [0.25, 0.3) is 0 Å². The Balaban J connectivity index is 2.23. The van der Waals surface area contributed by atoms with Crippen LogP contribution >= 0.6 is 27.3 Å². The van der Waals surface area contributed by atoms with Crippen molar-refractivity contribution in [2.45, 2.75) is 26.8 Å². The van der Waals surface area contributed by atoms with Gasteiger partial charge in [0.2, 0.25) is 5.95 Å². The molecule has 2 aromatic heterocycles. The highest BCUT2D eigenvalue weighted by Crippen LogP contribution is 2.30. The van der Waals surface area contributed by atoms with E-state index in [4.69, 9.17) is 5.73 Å². The molecule has 2 aromatic rings. The highest BCUT2D eigenvalue weighted by Gasteiger charge is 2.13. The number of nitrogens with zero attached hydrogens (tertiary/aromatic N) is 2. The molecule has 0 aliphatic rings. The summed E-state index contributed by atoms with van der Waals surface area (Å²) in [4.78, 5) is 10.8. The van der Waals surface area contributed by atoms with Gasteiger partial charge in [0, 0.05) is 16.0 Å². The van der Waals surface area contributed by atoms with Crippen LogP contribution in [0.15, 0.2) is 16.7 Å². The normalized spacial score (nSPS) is 12.4. The van der Waals surface area contributed by atoms with Gasteiger partial charge >= 0.3 is 0 Å². The van der Waals surface area contributed by atoms with Crippen LogP contribution in [0.5, 0.6) is 0 Å². The van der Waals surface area contributed by atoms with Crippen molar-refractivity contribution in [3.63, 3.8) is 0 Å². The highest BCUT2D eigenvalue weighted by molar-refractivity contribution is 9.10. The van der Waals surface area contributed by atoms with E-state index in [1.54, 1.807) is 17.5 Å². The molecule has 2 heterocycles. The van der Waals surface area contributed by atoms with E-state index in [0.717, 1.165) is 10.3 Å². The molecule has 0 aliphatic heterocycles. The van der Waals surface area contributed by atoms with Crippen molar-refractivity contribution in [1.29, 1.82) is 0 Å². The van der Waals surface area contributed by atoms with E-state index in [2.05, 4.69) is 58.1 Å². The van der Waals surface area contributed by atoms with Crippen LogP contribution in [0.25, 0.3) is 0 Å². The predicted molar refractivity (Wildman–Crippen MR) is 80.0 cm³/mol. The molecule has 4 nitrogen and oxygen atoms in total. The number of hydrogen-bond donors (Lipinski definition) is 2. The van der Waals surface area contributed by atoms with Crippen LogP contribution in [0.4, 0.5) is 11.8 Å². The van der Waals surface area contributed by atoms with Gasteiger partial charge in [-0.2, -0.15) is 4.98 Å². The first-order valence-corrected chi connectivity index (χ1v) is 7.20. The Morgan fingerprint density at radius 3 is 2.78 bits per heavy atom. The number of aromatic nitrogens is 2. The van der Waals surface area contributed by atoms with Crippen molar-refractivity contribution < 1.29 is 0 Å². The smallest absolute Gasteiger partial charge is 0.221 e. The molecule has 3 N–H and O–H groups in total. The van der Waals surface area contributed by atoms with Crippen molar-refractivity contribution >= 4 is 39.0 Å². The maximum absolute atomic E-state index is 5.59. The Labute approximate surface area is 119 Å². The summed E-state index contributed by atoms with van der Waals surface area (Å²) in [5, 5.41) is 3.35. The zero-order valence-corrected chi connectivity index (χ0v) is 12.9. The number of nitrogens with two attached hydrogens (primary N) is 1. The van der Waals surface area contributed by atoms with Crippen LogP contribution in [-0.4, -0.2) is 9.97 Å². The summed E-state index contributed by atoms with van der Waals surface area (Å²) >= 11 is 5.22. The van der Waals surface area contributed by atoms with Crippen LogP contribution in [-0.2, 0) is 0 Å². The fourth-order valence-electron chi connectivity index (χ4n) is 1.85. The van der Waals surface area contributed by atoms with Gasteiger partial charge in [0.1, 0.15) is 5.82 Å². The third-order valence-electron chi connectivity index (χ3n) is 2.66. The van der Waals surface area contributed by atoms with E-state index in [-0.39, 0.29) is 12.0 Å². The van der Waals surface area contributed by atoms with Crippen molar-refractivity contribution in [2.24, 2.45) is 0 Å². The number of hydrogen-bond acceptors (Lipinski definition) is 5. The van der Waals surface area contributed by atoms with Crippen LogP contribution in [0.2, 0.25) is 0 Å². The lowest BCUT2D eigenvalue weighted by Crippen LogP contribution is -2.10. The third kappa shape index (κ3) is 2.81. The van der Waals surface area contributed by atoms with Crippen LogP contribution < -0.4 is 11.1 Å². The maximum Gasteiger partial charge on any atom is 0.221 e. The third-order valence-corrected chi connectivity index (χ3v) is 4.22. The molecule has 96 valence electrons. The standard InChI is InChI=1S/C12H15BrN4S/c1-6-4-9(8(3)18-6)7(2)16-11-10(13)5-15-12(14)17-11/h4-5,7H,1-3H3,(H3,14,15,16,17). The Hall–Kier alpha value is -1.14. The van der Waals surface area contributed by atoms with E-state index in [0.29, 0.717) is 0 Å². The summed E-state index contributed by atoms with van der Waals surface area (Å²) in [6, 6.07) is 2.39. The number of nitrogens with one attached hydrogen (secondary N) is 1. The number of thiophene rings is 1. The van der Waals surface area contributed by atoms with E-state index in [9.17, 15) is 0 Å². The molecule has 0 aliphatic carbocycles. The molecule has 6 heteroatoms. The molecule has 18 heavy (non-hydrogen) atoms. The molecule has 0 fully saturated rings. The lowest BCUT2D eigenvalue weighted by Gasteiger charge is -2.15. The van der Waals surface area contributed by atoms with Gasteiger partial charge in [0.05, 0.1) is 10.5 Å². The zero-order valence-electron chi connectivity index (χ0n) is 10.5. The summed E-state index contributed by atoms with van der Waals surface area (Å²) in [6.07, 6.45) is 1.66. The van der Waals surface area contributed by atoms with E-state index in [1.165, 1.54) is 15.3 Å². The first-order chi connectivity index (χ1) is 8.47. The number of halogens is 1. The fraction of sp³-hybridized carbons (Fsp3) is 0.333. The summed E-state index contributed by atoms with van der Waals surface area (Å²) in [5.74, 6) is 0.990. The maximum atomic E-state index is 5.59. The van der Waals surface area contributed by atoms with E-state index < -0.39 is 0 Å². The van der Waals surface area contributed by atoms with Gasteiger partial charge in [-0.05, 0) is 48.3 Å². The number of anilines is 2. The average Bonchev–Trinajstić information content (AvgIpc) is 2.63. The molecular weight excluding hydrogens is 312 g/mol. The molecule has 1 unspecified atom stereocenters. The topological polar surface area (TPSA) is 63.8 Å². The second-order valence-electron chi connectivity index (χ2n) is 4.16. The summed E-state index contributed by atoms with van der Waals surface area (Å²) in [5.41, 5.74) is 6.89. The Kier molecular flexibility index (Phi) is 3.87. The van der Waals surface area contributed by atoms with Crippen LogP contribution in [0.1, 0.15) is 28.3 Å². The molecular formula is C12H15BrN4S. The second-order valence-corrected chi connectivity index (χ2v) is 6.47. The first-order valence-electron chi connectivity index (χ1n) is 5.59. The number of nitrogen functional groups attached to an aromatic ring is 1. The Morgan fingerprint density at radius 1 is 1.44 bits per heavy atom. The van der Waals surface area contributed by atoms with E-state index in [1.807, 2.05) is 0 Å². The van der Waals surface area contributed by atoms with Gasteiger partial charge in [-0.1, -0.05) is 0 Å². The van der Waals surface area contributed by atoms with Gasteiger partial charge in [-0.25, -0.2) is 4.98 Å². The van der Waals surface area contributed by atoms with Gasteiger partial charge < -0.3 is 11.1 Å². The molecule has 0 bridgehead atoms. The van der Waals surface area contributed by atoms with Gasteiger partial charge in [-0.15, -0.1) is 11.3 Å². The first kappa shape index (κ1) is 13.3. The molecule has 1 atom stereocenters. The largest absolute Gasteiger partial charge is 0.368 e. The zero-order chi connectivity index (χ0) is 13.3. The van der Waals surface area contributed by atoms with Gasteiger partial charge in [0.15, 0.2) is 0 Å². The summed E-state index contributed by atoms with van der Waals surface area (Å²) < 4.78 is 0.813. The predicted octanol–water partition coefficient (Wildman–Crippen LogP) is 3.67. The van der Waals surface area contributed by atoms with E-state index >= 15 is 0 Å². The number of aryl methyl sites for hydroxylation is 2. The lowest BCUT2D eigenvalue weighted by atomic mass is 10.1.